The fraction of sp³-hybridized carbons (Fsp3) is 0.0500. The average molecular weight is 381 g/mol. The molecule has 0 fully saturated rings. The third-order valence-corrected chi connectivity index (χ3v) is 4.53. The Labute approximate surface area is 159 Å². The van der Waals surface area contributed by atoms with Crippen LogP contribution in [0.5, 0.6) is 0 Å². The Morgan fingerprint density at radius 1 is 1.11 bits per heavy atom. The Morgan fingerprint density at radius 2 is 1.89 bits per heavy atom. The highest BCUT2D eigenvalue weighted by molar-refractivity contribution is 6.30. The number of furan rings is 1. The molecule has 4 rings (SSSR count). The molecule has 1 aromatic carbocycles. The highest BCUT2D eigenvalue weighted by Gasteiger charge is 2.45. The number of carbonyl (C=O) groups is 2. The molecule has 1 atom stereocenters. The highest BCUT2D eigenvalue weighted by atomic mass is 35.5. The Balaban J connectivity index is 1.88. The molecule has 1 N–H and O–H groups in total. The maximum Gasteiger partial charge on any atom is 0.295 e. The topological polar surface area (TPSA) is 83.6 Å². The number of aliphatic hydroxyl groups excluding tert-OH is 1. The Morgan fingerprint density at radius 3 is 2.52 bits per heavy atom. The molecule has 1 amide bonds. The van der Waals surface area contributed by atoms with Crippen LogP contribution >= 0.6 is 11.6 Å². The van der Waals surface area contributed by atoms with Gasteiger partial charge in [0.1, 0.15) is 5.82 Å². The number of rotatable bonds is 4. The van der Waals surface area contributed by atoms with Crippen LogP contribution in [0.4, 0.5) is 5.82 Å². The van der Waals surface area contributed by atoms with E-state index in [9.17, 15) is 14.7 Å². The molecule has 1 aliphatic rings. The van der Waals surface area contributed by atoms with E-state index in [0.717, 1.165) is 0 Å². The van der Waals surface area contributed by atoms with E-state index in [2.05, 4.69) is 4.98 Å². The van der Waals surface area contributed by atoms with Crippen molar-refractivity contribution in [2.45, 2.75) is 6.04 Å². The number of pyridine rings is 1. The molecule has 0 saturated carbocycles. The zero-order valence-electron chi connectivity index (χ0n) is 13.9. The van der Waals surface area contributed by atoms with Gasteiger partial charge in [0.25, 0.3) is 5.91 Å². The van der Waals surface area contributed by atoms with Gasteiger partial charge in [-0.15, -0.1) is 0 Å². The van der Waals surface area contributed by atoms with Crippen molar-refractivity contribution in [2.75, 3.05) is 4.90 Å². The molecule has 6 nitrogen and oxygen atoms in total. The van der Waals surface area contributed by atoms with E-state index in [0.29, 0.717) is 16.4 Å². The van der Waals surface area contributed by atoms with Gasteiger partial charge in [0, 0.05) is 11.2 Å². The van der Waals surface area contributed by atoms with Crippen molar-refractivity contribution in [3.05, 3.63) is 94.7 Å². The zero-order valence-corrected chi connectivity index (χ0v) is 14.6. The summed E-state index contributed by atoms with van der Waals surface area (Å²) in [4.78, 5) is 31.3. The van der Waals surface area contributed by atoms with Gasteiger partial charge in [-0.25, -0.2) is 4.98 Å². The minimum absolute atomic E-state index is 0.0335. The second kappa shape index (κ2) is 6.74. The standard InChI is InChI=1S/C20H13ClN2O4/c21-13-8-6-12(7-9-13)17-16(18(24)14-4-3-11-27-14)19(25)20(26)23(17)15-5-1-2-10-22-15/h1-11,17,25H/t17-/m1/s1. The average Bonchev–Trinajstić information content (AvgIpc) is 3.31. The molecule has 2 aromatic heterocycles. The SMILES string of the molecule is O=C(C1=C(O)C(=O)N(c2ccccn2)[C@@H]1c1ccc(Cl)cc1)c1ccco1. The Hall–Kier alpha value is -3.38. The van der Waals surface area contributed by atoms with Crippen LogP contribution in [0.15, 0.2) is 82.8 Å². The normalized spacial score (nSPS) is 16.9. The Bertz CT molecular complexity index is 1030. The summed E-state index contributed by atoms with van der Waals surface area (Å²) in [6, 6.07) is 14.0. The number of halogens is 1. The van der Waals surface area contributed by atoms with Crippen molar-refractivity contribution >= 4 is 29.1 Å². The number of hydrogen-bond acceptors (Lipinski definition) is 5. The quantitative estimate of drug-likeness (QED) is 0.688. The third-order valence-electron chi connectivity index (χ3n) is 4.28. The van der Waals surface area contributed by atoms with Gasteiger partial charge in [-0.2, -0.15) is 0 Å². The molecule has 3 aromatic rings. The fourth-order valence-corrected chi connectivity index (χ4v) is 3.20. The van der Waals surface area contributed by atoms with Crippen LogP contribution in [0, 0.1) is 0 Å². The summed E-state index contributed by atoms with van der Waals surface area (Å²) in [5, 5.41) is 11.0. The number of Topliss-reactive ketones (excluding diaryl/α,β-unsaturated/α-hetero) is 1. The summed E-state index contributed by atoms with van der Waals surface area (Å²) in [5.41, 5.74) is 0.542. The molecule has 0 saturated heterocycles. The van der Waals surface area contributed by atoms with Gasteiger partial charge in [-0.1, -0.05) is 29.8 Å². The molecule has 0 radical (unpaired) electrons. The Kier molecular flexibility index (Phi) is 4.25. The molecular formula is C20H13ClN2O4. The number of benzene rings is 1. The van der Waals surface area contributed by atoms with Crippen LogP contribution in [0.25, 0.3) is 0 Å². The third kappa shape index (κ3) is 2.90. The molecule has 0 unspecified atom stereocenters. The number of nitrogens with zero attached hydrogens (tertiary/aromatic N) is 2. The molecule has 0 spiro atoms. The van der Waals surface area contributed by atoms with E-state index < -0.39 is 23.5 Å². The van der Waals surface area contributed by atoms with E-state index in [1.165, 1.54) is 23.4 Å². The van der Waals surface area contributed by atoms with E-state index in [1.54, 1.807) is 48.5 Å². The zero-order chi connectivity index (χ0) is 19.0. The first-order valence-electron chi connectivity index (χ1n) is 8.09. The summed E-state index contributed by atoms with van der Waals surface area (Å²) in [5.74, 6) is -1.54. The molecule has 134 valence electrons. The molecule has 0 bridgehead atoms. The van der Waals surface area contributed by atoms with E-state index in [-0.39, 0.29) is 11.3 Å². The minimum Gasteiger partial charge on any atom is -0.503 e. The van der Waals surface area contributed by atoms with Gasteiger partial charge < -0.3 is 9.52 Å². The number of carbonyl (C=O) groups excluding carboxylic acids is 2. The van der Waals surface area contributed by atoms with Crippen LogP contribution in [0.2, 0.25) is 5.02 Å². The molecule has 1 aliphatic heterocycles. The van der Waals surface area contributed by atoms with Crippen LogP contribution < -0.4 is 4.90 Å². The molecule has 3 heterocycles. The van der Waals surface area contributed by atoms with Crippen molar-refractivity contribution < 1.29 is 19.1 Å². The van der Waals surface area contributed by atoms with Gasteiger partial charge >= 0.3 is 0 Å². The number of ketones is 1. The lowest BCUT2D eigenvalue weighted by Gasteiger charge is -2.25. The van der Waals surface area contributed by atoms with E-state index in [4.69, 9.17) is 16.0 Å². The monoisotopic (exact) mass is 380 g/mol. The summed E-state index contributed by atoms with van der Waals surface area (Å²) in [6.07, 6.45) is 2.89. The predicted octanol–water partition coefficient (Wildman–Crippen LogP) is 4.11. The number of amides is 1. The molecule has 0 aliphatic carbocycles. The van der Waals surface area contributed by atoms with E-state index in [1.807, 2.05) is 0 Å². The van der Waals surface area contributed by atoms with Crippen LogP contribution in [0.1, 0.15) is 22.2 Å². The summed E-state index contributed by atoms with van der Waals surface area (Å²) < 4.78 is 5.17. The van der Waals surface area contributed by atoms with Crippen molar-refractivity contribution in [3.63, 3.8) is 0 Å². The van der Waals surface area contributed by atoms with Gasteiger partial charge in [0.15, 0.2) is 11.5 Å². The van der Waals surface area contributed by atoms with E-state index >= 15 is 0 Å². The maximum absolute atomic E-state index is 13.0. The van der Waals surface area contributed by atoms with Crippen LogP contribution in [-0.2, 0) is 4.79 Å². The molecule has 7 heteroatoms. The lowest BCUT2D eigenvalue weighted by atomic mass is 9.95. The van der Waals surface area contributed by atoms with Crippen molar-refractivity contribution in [3.8, 4) is 0 Å². The summed E-state index contributed by atoms with van der Waals surface area (Å²) in [6.45, 7) is 0. The van der Waals surface area contributed by atoms with Crippen molar-refractivity contribution in [2.24, 2.45) is 0 Å². The van der Waals surface area contributed by atoms with Gasteiger partial charge in [-0.05, 0) is 42.0 Å². The van der Waals surface area contributed by atoms with Gasteiger partial charge in [0.2, 0.25) is 5.78 Å². The highest BCUT2D eigenvalue weighted by Crippen LogP contribution is 2.41. The van der Waals surface area contributed by atoms with Crippen molar-refractivity contribution in [1.82, 2.24) is 4.98 Å². The largest absolute Gasteiger partial charge is 0.503 e. The van der Waals surface area contributed by atoms with Crippen LogP contribution in [0.3, 0.4) is 0 Å². The predicted molar refractivity (Wildman–Crippen MR) is 98.6 cm³/mol. The minimum atomic E-state index is -0.859. The van der Waals surface area contributed by atoms with Crippen molar-refractivity contribution in [1.29, 1.82) is 0 Å². The molecular weight excluding hydrogens is 368 g/mol. The fourth-order valence-electron chi connectivity index (χ4n) is 3.07. The first-order chi connectivity index (χ1) is 13.1. The number of anilines is 1. The molecule has 27 heavy (non-hydrogen) atoms. The maximum atomic E-state index is 13.0. The first kappa shape index (κ1) is 17.1. The summed E-state index contributed by atoms with van der Waals surface area (Å²) in [7, 11) is 0. The number of aromatic nitrogens is 1. The van der Waals surface area contributed by atoms with Crippen LogP contribution in [-0.4, -0.2) is 21.8 Å². The second-order valence-corrected chi connectivity index (χ2v) is 6.32. The lowest BCUT2D eigenvalue weighted by Crippen LogP contribution is -2.31. The lowest BCUT2D eigenvalue weighted by molar-refractivity contribution is -0.117. The van der Waals surface area contributed by atoms with Gasteiger partial charge in [-0.3, -0.25) is 14.5 Å². The first-order valence-corrected chi connectivity index (χ1v) is 8.47. The second-order valence-electron chi connectivity index (χ2n) is 5.89. The number of aliphatic hydroxyl groups is 1. The van der Waals surface area contributed by atoms with Gasteiger partial charge in [0.05, 0.1) is 17.9 Å². The summed E-state index contributed by atoms with van der Waals surface area (Å²) >= 11 is 5.97. The number of hydrogen-bond donors (Lipinski definition) is 1. The smallest absolute Gasteiger partial charge is 0.295 e.